The van der Waals surface area contributed by atoms with Crippen LogP contribution < -0.4 is 0 Å². The number of carbonyl (C=O) groups excluding carboxylic acids is 2. The molecule has 1 aromatic rings. The van der Waals surface area contributed by atoms with Gasteiger partial charge >= 0.3 is 11.9 Å². The van der Waals surface area contributed by atoms with Gasteiger partial charge in [-0.15, -0.1) is 0 Å². The van der Waals surface area contributed by atoms with Crippen molar-refractivity contribution in [3.63, 3.8) is 0 Å². The Kier molecular flexibility index (Phi) is 10.5. The number of unbranched alkanes of at least 4 members (excludes halogenated alkanes) is 1. The molecule has 1 aliphatic rings. The second-order valence-electron chi connectivity index (χ2n) is 6.09. The fraction of sp³-hybridized carbons (Fsp3) is 0.364. The summed E-state index contributed by atoms with van der Waals surface area (Å²) in [5.74, 6) is -0.680. The van der Waals surface area contributed by atoms with Crippen molar-refractivity contribution in [3.8, 4) is 0 Å². The Bertz CT molecular complexity index is 657. The molecule has 1 atom stereocenters. The van der Waals surface area contributed by atoms with Crippen LogP contribution in [0.4, 0.5) is 0 Å². The molecular formula is C22H28O5. The van der Waals surface area contributed by atoms with Crippen LogP contribution in [0.15, 0.2) is 60.7 Å². The lowest BCUT2D eigenvalue weighted by atomic mass is 10.2. The summed E-state index contributed by atoms with van der Waals surface area (Å²) in [6, 6.07) is 9.77. The van der Waals surface area contributed by atoms with Gasteiger partial charge in [0.1, 0.15) is 12.7 Å². The largest absolute Gasteiger partial charge is 0.462 e. The molecule has 0 saturated carbocycles. The minimum absolute atomic E-state index is 0.142. The molecule has 5 heteroatoms. The highest BCUT2D eigenvalue weighted by atomic mass is 16.6. The zero-order valence-corrected chi connectivity index (χ0v) is 16.1. The number of rotatable bonds is 9. The Morgan fingerprint density at radius 2 is 1.85 bits per heavy atom. The number of hydrogen-bond donors (Lipinski definition) is 0. The minimum atomic E-state index is -0.342. The monoisotopic (exact) mass is 372 g/mol. The third-order valence-corrected chi connectivity index (χ3v) is 3.42. The van der Waals surface area contributed by atoms with Crippen molar-refractivity contribution >= 4 is 18.0 Å². The van der Waals surface area contributed by atoms with E-state index in [0.29, 0.717) is 31.0 Å². The molecule has 0 spiro atoms. The van der Waals surface area contributed by atoms with Crippen molar-refractivity contribution < 1.29 is 23.8 Å². The van der Waals surface area contributed by atoms with Crippen LogP contribution >= 0.6 is 0 Å². The standard InChI is InChI=1S/C15H18O2.C7H10O3/c1-3-4-12-17-15(16)13(2)10-11-14-8-6-5-7-9-14;1-5(2)7(8)10-4-6-3-9-6/h5-11H,2-4,12H2,1H3;6H,1,3-4H2,2H3. The van der Waals surface area contributed by atoms with E-state index < -0.39 is 0 Å². The fourth-order valence-electron chi connectivity index (χ4n) is 1.69. The molecule has 27 heavy (non-hydrogen) atoms. The Balaban J connectivity index is 0.000000309. The third kappa shape index (κ3) is 10.8. The summed E-state index contributed by atoms with van der Waals surface area (Å²) in [6.45, 7) is 12.3. The second-order valence-corrected chi connectivity index (χ2v) is 6.09. The number of benzene rings is 1. The van der Waals surface area contributed by atoms with Crippen LogP contribution in [-0.4, -0.2) is 37.9 Å². The molecule has 1 aromatic carbocycles. The van der Waals surface area contributed by atoms with E-state index >= 15 is 0 Å². The van der Waals surface area contributed by atoms with Gasteiger partial charge in [-0.05, 0) is 25.0 Å². The maximum absolute atomic E-state index is 11.5. The van der Waals surface area contributed by atoms with E-state index in [2.05, 4.69) is 20.1 Å². The molecule has 2 rings (SSSR count). The van der Waals surface area contributed by atoms with Crippen LogP contribution in [0.3, 0.4) is 0 Å². The van der Waals surface area contributed by atoms with E-state index in [1.165, 1.54) is 0 Å². The highest BCUT2D eigenvalue weighted by molar-refractivity contribution is 5.92. The van der Waals surface area contributed by atoms with E-state index in [0.717, 1.165) is 18.4 Å². The Labute approximate surface area is 161 Å². The first-order valence-corrected chi connectivity index (χ1v) is 8.97. The quantitative estimate of drug-likeness (QED) is 0.215. The van der Waals surface area contributed by atoms with Crippen molar-refractivity contribution in [3.05, 3.63) is 66.3 Å². The molecule has 1 fully saturated rings. The average molecular weight is 372 g/mol. The molecule has 0 N–H and O–H groups in total. The number of hydrogen-bond acceptors (Lipinski definition) is 5. The molecular weight excluding hydrogens is 344 g/mol. The normalized spacial score (nSPS) is 14.7. The summed E-state index contributed by atoms with van der Waals surface area (Å²) < 4.78 is 14.6. The highest BCUT2D eigenvalue weighted by Gasteiger charge is 2.24. The Morgan fingerprint density at radius 1 is 1.19 bits per heavy atom. The maximum atomic E-state index is 11.5. The molecule has 1 unspecified atom stereocenters. The lowest BCUT2D eigenvalue weighted by Crippen LogP contribution is -2.09. The van der Waals surface area contributed by atoms with Gasteiger partial charge in [-0.1, -0.05) is 62.9 Å². The maximum Gasteiger partial charge on any atom is 0.337 e. The average Bonchev–Trinajstić information content (AvgIpc) is 3.50. The summed E-state index contributed by atoms with van der Waals surface area (Å²) in [5, 5.41) is 0. The van der Waals surface area contributed by atoms with Gasteiger partial charge in [-0.3, -0.25) is 0 Å². The van der Waals surface area contributed by atoms with Gasteiger partial charge in [0.05, 0.1) is 18.8 Å². The zero-order valence-electron chi connectivity index (χ0n) is 16.1. The summed E-state index contributed by atoms with van der Waals surface area (Å²) in [5.41, 5.74) is 1.85. The van der Waals surface area contributed by atoms with Crippen molar-refractivity contribution in [2.75, 3.05) is 19.8 Å². The van der Waals surface area contributed by atoms with Gasteiger partial charge in [-0.25, -0.2) is 9.59 Å². The van der Waals surface area contributed by atoms with Crippen LogP contribution in [0.1, 0.15) is 32.3 Å². The Morgan fingerprint density at radius 3 is 2.41 bits per heavy atom. The van der Waals surface area contributed by atoms with Crippen LogP contribution in [-0.2, 0) is 23.8 Å². The first-order valence-electron chi connectivity index (χ1n) is 8.97. The van der Waals surface area contributed by atoms with Crippen molar-refractivity contribution in [1.29, 1.82) is 0 Å². The SMILES string of the molecule is C=C(C)C(=O)OCC1CO1.C=C(C=Cc1ccccc1)C(=O)OCCCC. The molecule has 0 bridgehead atoms. The van der Waals surface area contributed by atoms with E-state index in [-0.39, 0.29) is 18.0 Å². The van der Waals surface area contributed by atoms with E-state index in [9.17, 15) is 9.59 Å². The topological polar surface area (TPSA) is 65.1 Å². The van der Waals surface area contributed by atoms with Crippen LogP contribution in [0.2, 0.25) is 0 Å². The molecule has 1 heterocycles. The summed E-state index contributed by atoms with van der Waals surface area (Å²) in [7, 11) is 0. The van der Waals surface area contributed by atoms with Crippen LogP contribution in [0, 0.1) is 0 Å². The van der Waals surface area contributed by atoms with E-state index in [1.54, 1.807) is 13.0 Å². The first-order chi connectivity index (χ1) is 12.9. The molecule has 0 aromatic heterocycles. The molecule has 146 valence electrons. The predicted octanol–water partition coefficient (Wildman–Crippen LogP) is 4.10. The fourth-order valence-corrected chi connectivity index (χ4v) is 1.69. The van der Waals surface area contributed by atoms with E-state index in [1.807, 2.05) is 36.4 Å². The van der Waals surface area contributed by atoms with E-state index in [4.69, 9.17) is 14.2 Å². The van der Waals surface area contributed by atoms with Gasteiger partial charge < -0.3 is 14.2 Å². The highest BCUT2D eigenvalue weighted by Crippen LogP contribution is 2.09. The third-order valence-electron chi connectivity index (χ3n) is 3.42. The lowest BCUT2D eigenvalue weighted by Gasteiger charge is -2.02. The van der Waals surface area contributed by atoms with Gasteiger partial charge in [-0.2, -0.15) is 0 Å². The molecule has 0 radical (unpaired) electrons. The number of carbonyl (C=O) groups is 2. The molecule has 1 aliphatic heterocycles. The van der Waals surface area contributed by atoms with Gasteiger partial charge in [0, 0.05) is 5.57 Å². The number of epoxide rings is 1. The first kappa shape index (κ1) is 22.4. The van der Waals surface area contributed by atoms with Gasteiger partial charge in [0.2, 0.25) is 0 Å². The Hall–Kier alpha value is -2.66. The lowest BCUT2D eigenvalue weighted by molar-refractivity contribution is -0.140. The summed E-state index contributed by atoms with van der Waals surface area (Å²) in [4.78, 5) is 22.2. The van der Waals surface area contributed by atoms with Crippen LogP contribution in [0.5, 0.6) is 0 Å². The minimum Gasteiger partial charge on any atom is -0.462 e. The van der Waals surface area contributed by atoms with Gasteiger partial charge in [0.25, 0.3) is 0 Å². The smallest absolute Gasteiger partial charge is 0.337 e. The molecule has 0 amide bonds. The summed E-state index contributed by atoms with van der Waals surface area (Å²) in [6.07, 6.45) is 5.58. The summed E-state index contributed by atoms with van der Waals surface area (Å²) >= 11 is 0. The number of esters is 2. The second kappa shape index (κ2) is 12.7. The van der Waals surface area contributed by atoms with Crippen LogP contribution in [0.25, 0.3) is 6.08 Å². The molecule has 5 nitrogen and oxygen atoms in total. The molecule has 0 aliphatic carbocycles. The molecule has 1 saturated heterocycles. The van der Waals surface area contributed by atoms with Crippen molar-refractivity contribution in [2.45, 2.75) is 32.8 Å². The van der Waals surface area contributed by atoms with Gasteiger partial charge in [0.15, 0.2) is 0 Å². The predicted molar refractivity (Wildman–Crippen MR) is 106 cm³/mol. The van der Waals surface area contributed by atoms with Crippen molar-refractivity contribution in [2.24, 2.45) is 0 Å². The number of ether oxygens (including phenoxy) is 3. The van der Waals surface area contributed by atoms with Crippen molar-refractivity contribution in [1.82, 2.24) is 0 Å². The zero-order chi connectivity index (χ0) is 20.1.